The Labute approximate surface area is 146 Å². The second-order valence-corrected chi connectivity index (χ2v) is 6.42. The Hall–Kier alpha value is -2.26. The first-order valence-electron chi connectivity index (χ1n) is 8.06. The van der Waals surface area contributed by atoms with Gasteiger partial charge in [-0.15, -0.1) is 0 Å². The Morgan fingerprint density at radius 1 is 1.08 bits per heavy atom. The Balaban J connectivity index is 2.08. The van der Waals surface area contributed by atoms with E-state index in [-0.39, 0.29) is 6.54 Å². The van der Waals surface area contributed by atoms with Crippen LogP contribution in [-0.4, -0.2) is 4.98 Å². The second kappa shape index (κ2) is 7.10. The molecule has 0 aliphatic carbocycles. The molecule has 0 unspecified atom stereocenters. The van der Waals surface area contributed by atoms with Crippen molar-refractivity contribution in [1.29, 1.82) is 0 Å². The molecule has 3 rings (SSSR count). The molecule has 0 aliphatic heterocycles. The van der Waals surface area contributed by atoms with E-state index in [1.165, 1.54) is 5.56 Å². The standard InChI is InChI=1S/C20H19ClN2O/c1-3-15-11-20-18(10-17(15)12-23-24)16(6-7-22-20)8-14-5-4-13(2)19(21)9-14/h4-7,9-11H,3,8,12H2,1-2H3. The summed E-state index contributed by atoms with van der Waals surface area (Å²) in [6, 6.07) is 12.3. The SMILES string of the molecule is CCc1cc2nccc(Cc3ccc(C)c(Cl)c3)c2cc1CN=O. The highest BCUT2D eigenvalue weighted by molar-refractivity contribution is 6.31. The van der Waals surface area contributed by atoms with Gasteiger partial charge in [0.05, 0.1) is 5.52 Å². The van der Waals surface area contributed by atoms with Crippen LogP contribution < -0.4 is 0 Å². The van der Waals surface area contributed by atoms with Crippen molar-refractivity contribution in [1.82, 2.24) is 4.98 Å². The van der Waals surface area contributed by atoms with Gasteiger partial charge in [0.25, 0.3) is 0 Å². The molecule has 122 valence electrons. The van der Waals surface area contributed by atoms with E-state index in [4.69, 9.17) is 11.6 Å². The van der Waals surface area contributed by atoms with Gasteiger partial charge in [-0.25, -0.2) is 0 Å². The van der Waals surface area contributed by atoms with Gasteiger partial charge in [0.1, 0.15) is 6.54 Å². The summed E-state index contributed by atoms with van der Waals surface area (Å²) in [5, 5.41) is 4.92. The zero-order valence-corrected chi connectivity index (χ0v) is 14.6. The number of aromatic nitrogens is 1. The quantitative estimate of drug-likeness (QED) is 0.567. The van der Waals surface area contributed by atoms with Crippen LogP contribution in [0.3, 0.4) is 0 Å². The minimum absolute atomic E-state index is 0.198. The molecule has 1 aromatic heterocycles. The van der Waals surface area contributed by atoms with E-state index in [0.29, 0.717) is 0 Å². The van der Waals surface area contributed by atoms with Crippen molar-refractivity contribution in [2.75, 3.05) is 0 Å². The van der Waals surface area contributed by atoms with E-state index in [0.717, 1.165) is 51.0 Å². The molecule has 3 aromatic rings. The Bertz CT molecular complexity index is 906. The summed E-state index contributed by atoms with van der Waals surface area (Å²) in [4.78, 5) is 15.2. The molecule has 0 aliphatic rings. The summed E-state index contributed by atoms with van der Waals surface area (Å²) in [6.45, 7) is 4.27. The van der Waals surface area contributed by atoms with Crippen LogP contribution in [0.5, 0.6) is 0 Å². The predicted molar refractivity (Wildman–Crippen MR) is 99.6 cm³/mol. The van der Waals surface area contributed by atoms with Crippen LogP contribution in [0, 0.1) is 11.8 Å². The molecule has 0 saturated carbocycles. The number of benzene rings is 2. The molecule has 3 nitrogen and oxygen atoms in total. The first-order valence-corrected chi connectivity index (χ1v) is 8.43. The van der Waals surface area contributed by atoms with Crippen LogP contribution >= 0.6 is 11.6 Å². The lowest BCUT2D eigenvalue weighted by Gasteiger charge is -2.11. The number of aryl methyl sites for hydroxylation is 2. The van der Waals surface area contributed by atoms with E-state index in [2.05, 4.69) is 35.3 Å². The fourth-order valence-electron chi connectivity index (χ4n) is 3.00. The molecule has 0 amide bonds. The zero-order valence-electron chi connectivity index (χ0n) is 13.8. The van der Waals surface area contributed by atoms with Gasteiger partial charge in [0.15, 0.2) is 0 Å². The molecule has 0 N–H and O–H groups in total. The van der Waals surface area contributed by atoms with Crippen LogP contribution in [0.15, 0.2) is 47.8 Å². The van der Waals surface area contributed by atoms with Crippen molar-refractivity contribution in [2.24, 2.45) is 5.18 Å². The molecule has 0 atom stereocenters. The lowest BCUT2D eigenvalue weighted by molar-refractivity contribution is 0.997. The monoisotopic (exact) mass is 338 g/mol. The van der Waals surface area contributed by atoms with Crippen molar-refractivity contribution >= 4 is 22.5 Å². The highest BCUT2D eigenvalue weighted by Gasteiger charge is 2.09. The Kier molecular flexibility index (Phi) is 4.91. The minimum Gasteiger partial charge on any atom is -0.256 e. The number of halogens is 1. The second-order valence-electron chi connectivity index (χ2n) is 6.01. The third-order valence-corrected chi connectivity index (χ3v) is 4.81. The van der Waals surface area contributed by atoms with Crippen molar-refractivity contribution in [2.45, 2.75) is 33.2 Å². The van der Waals surface area contributed by atoms with Crippen LogP contribution in [0.1, 0.15) is 34.7 Å². The summed E-state index contributed by atoms with van der Waals surface area (Å²) in [6.07, 6.45) is 3.48. The lowest BCUT2D eigenvalue weighted by Crippen LogP contribution is -1.97. The van der Waals surface area contributed by atoms with Gasteiger partial charge in [0.2, 0.25) is 0 Å². The number of hydrogen-bond acceptors (Lipinski definition) is 3. The molecule has 0 saturated heterocycles. The van der Waals surface area contributed by atoms with Gasteiger partial charge in [-0.1, -0.05) is 35.8 Å². The van der Waals surface area contributed by atoms with E-state index < -0.39 is 0 Å². The largest absolute Gasteiger partial charge is 0.256 e. The highest BCUT2D eigenvalue weighted by atomic mass is 35.5. The van der Waals surface area contributed by atoms with Crippen molar-refractivity contribution < 1.29 is 0 Å². The molecular weight excluding hydrogens is 320 g/mol. The van der Waals surface area contributed by atoms with Crippen molar-refractivity contribution in [3.63, 3.8) is 0 Å². The van der Waals surface area contributed by atoms with Gasteiger partial charge >= 0.3 is 0 Å². The maximum atomic E-state index is 10.7. The number of hydrogen-bond donors (Lipinski definition) is 0. The van der Waals surface area contributed by atoms with Crippen molar-refractivity contribution in [3.8, 4) is 0 Å². The maximum Gasteiger partial charge on any atom is 0.106 e. The number of pyridine rings is 1. The summed E-state index contributed by atoms with van der Waals surface area (Å²) < 4.78 is 0. The van der Waals surface area contributed by atoms with Gasteiger partial charge < -0.3 is 0 Å². The summed E-state index contributed by atoms with van der Waals surface area (Å²) in [5.41, 5.74) is 6.48. The normalized spacial score (nSPS) is 11.0. The number of nitrogens with zero attached hydrogens (tertiary/aromatic N) is 2. The van der Waals surface area contributed by atoms with Crippen LogP contribution in [0.25, 0.3) is 10.9 Å². The predicted octanol–water partition coefficient (Wildman–Crippen LogP) is 5.62. The summed E-state index contributed by atoms with van der Waals surface area (Å²) >= 11 is 6.24. The average molecular weight is 339 g/mol. The van der Waals surface area contributed by atoms with Crippen molar-refractivity contribution in [3.05, 3.63) is 80.3 Å². The van der Waals surface area contributed by atoms with Crippen LogP contribution in [0.4, 0.5) is 0 Å². The average Bonchev–Trinajstić information content (AvgIpc) is 2.58. The lowest BCUT2D eigenvalue weighted by atomic mass is 9.96. The smallest absolute Gasteiger partial charge is 0.106 e. The van der Waals surface area contributed by atoms with Gasteiger partial charge in [-0.05, 0) is 71.8 Å². The highest BCUT2D eigenvalue weighted by Crippen LogP contribution is 2.26. The maximum absolute atomic E-state index is 10.7. The number of nitroso groups, excluding NO2 is 1. The summed E-state index contributed by atoms with van der Waals surface area (Å²) in [5.74, 6) is 0. The van der Waals surface area contributed by atoms with E-state index >= 15 is 0 Å². The summed E-state index contributed by atoms with van der Waals surface area (Å²) in [7, 11) is 0. The topological polar surface area (TPSA) is 42.3 Å². The molecular formula is C20H19ClN2O. The fraction of sp³-hybridized carbons (Fsp3) is 0.250. The van der Waals surface area contributed by atoms with Crippen LogP contribution in [-0.2, 0) is 19.4 Å². The Morgan fingerprint density at radius 2 is 1.92 bits per heavy atom. The molecule has 0 bridgehead atoms. The number of rotatable bonds is 5. The zero-order chi connectivity index (χ0) is 17.1. The third-order valence-electron chi connectivity index (χ3n) is 4.40. The van der Waals surface area contributed by atoms with Gasteiger partial charge in [-0.3, -0.25) is 4.98 Å². The minimum atomic E-state index is 0.198. The first kappa shape index (κ1) is 16.6. The number of fused-ring (bicyclic) bond motifs is 1. The fourth-order valence-corrected chi connectivity index (χ4v) is 3.21. The molecule has 4 heteroatoms. The van der Waals surface area contributed by atoms with Crippen LogP contribution in [0.2, 0.25) is 5.02 Å². The molecule has 0 spiro atoms. The van der Waals surface area contributed by atoms with E-state index in [1.54, 1.807) is 0 Å². The van der Waals surface area contributed by atoms with E-state index in [1.807, 2.05) is 31.3 Å². The molecule has 0 radical (unpaired) electrons. The van der Waals surface area contributed by atoms with Gasteiger partial charge in [-0.2, -0.15) is 4.91 Å². The first-order chi connectivity index (χ1) is 11.6. The third kappa shape index (κ3) is 3.31. The molecule has 2 aromatic carbocycles. The molecule has 0 fully saturated rings. The molecule has 24 heavy (non-hydrogen) atoms. The molecule has 1 heterocycles. The van der Waals surface area contributed by atoms with Gasteiger partial charge in [0, 0.05) is 16.6 Å². The Morgan fingerprint density at radius 3 is 2.62 bits per heavy atom. The van der Waals surface area contributed by atoms with E-state index in [9.17, 15) is 4.91 Å².